The summed E-state index contributed by atoms with van der Waals surface area (Å²) in [6, 6.07) is 5.20. The van der Waals surface area contributed by atoms with Gasteiger partial charge in [-0.2, -0.15) is 0 Å². The lowest BCUT2D eigenvalue weighted by Gasteiger charge is -2.14. The number of carbonyl (C=O) groups excluding carboxylic acids is 1. The van der Waals surface area contributed by atoms with Gasteiger partial charge < -0.3 is 16.2 Å². The molecule has 0 radical (unpaired) electrons. The monoisotopic (exact) mass is 300 g/mol. The fourth-order valence-corrected chi connectivity index (χ4v) is 1.89. The molecular weight excluding hydrogens is 284 g/mol. The lowest BCUT2D eigenvalue weighted by Crippen LogP contribution is -2.33. The average molecular weight is 301 g/mol. The number of rotatable bonds is 5. The molecule has 1 rings (SSSR count). The van der Waals surface area contributed by atoms with E-state index in [1.54, 1.807) is 18.2 Å². The highest BCUT2D eigenvalue weighted by Crippen LogP contribution is 2.18. The predicted octanol–water partition coefficient (Wildman–Crippen LogP) is 1.92. The number of aliphatic hydroxyl groups is 1. The topological polar surface area (TPSA) is 75.3 Å². The molecule has 0 spiro atoms. The van der Waals surface area contributed by atoms with Gasteiger partial charge in [0.25, 0.3) is 5.91 Å². The van der Waals surface area contributed by atoms with Crippen molar-refractivity contribution in [1.82, 2.24) is 5.32 Å². The molecule has 0 aromatic heterocycles. The first-order chi connectivity index (χ1) is 8.04. The number of hydrogen-bond acceptors (Lipinski definition) is 3. The zero-order valence-electron chi connectivity index (χ0n) is 9.74. The number of aliphatic hydroxyl groups excluding tert-OH is 1. The van der Waals surface area contributed by atoms with E-state index < -0.39 is 0 Å². The molecule has 0 aliphatic heterocycles. The fraction of sp³-hybridized carbons (Fsp3) is 0.417. The lowest BCUT2D eigenvalue weighted by molar-refractivity contribution is 0.0937. The van der Waals surface area contributed by atoms with Crippen LogP contribution in [-0.2, 0) is 0 Å². The number of hydrogen-bond donors (Lipinski definition) is 3. The average Bonchev–Trinajstić information content (AvgIpc) is 2.26. The van der Waals surface area contributed by atoms with E-state index in [2.05, 4.69) is 21.2 Å². The van der Waals surface area contributed by atoms with E-state index in [0.29, 0.717) is 17.7 Å². The number of nitrogen functional groups attached to an aromatic ring is 1. The van der Waals surface area contributed by atoms with Crippen molar-refractivity contribution in [1.29, 1.82) is 0 Å². The molecule has 1 aromatic carbocycles. The summed E-state index contributed by atoms with van der Waals surface area (Å²) in [7, 11) is 0. The van der Waals surface area contributed by atoms with Crippen molar-refractivity contribution in [3.8, 4) is 0 Å². The van der Waals surface area contributed by atoms with Gasteiger partial charge in [0, 0.05) is 22.8 Å². The maximum absolute atomic E-state index is 11.9. The Morgan fingerprint density at radius 2 is 2.29 bits per heavy atom. The second-order valence-electron chi connectivity index (χ2n) is 3.97. The van der Waals surface area contributed by atoms with Crippen molar-refractivity contribution in [2.45, 2.75) is 25.8 Å². The maximum Gasteiger partial charge on any atom is 0.253 e. The highest BCUT2D eigenvalue weighted by molar-refractivity contribution is 9.10. The number of nitrogens with two attached hydrogens (primary N) is 1. The van der Waals surface area contributed by atoms with Crippen LogP contribution < -0.4 is 11.1 Å². The molecule has 4 nitrogen and oxygen atoms in total. The molecule has 0 bridgehead atoms. The van der Waals surface area contributed by atoms with Gasteiger partial charge in [-0.15, -0.1) is 0 Å². The normalized spacial score (nSPS) is 12.2. The van der Waals surface area contributed by atoms with E-state index in [1.807, 2.05) is 6.92 Å². The smallest absolute Gasteiger partial charge is 0.253 e. The third-order valence-electron chi connectivity index (χ3n) is 2.43. The number of amides is 1. The third-order valence-corrected chi connectivity index (χ3v) is 2.92. The van der Waals surface area contributed by atoms with E-state index in [-0.39, 0.29) is 18.6 Å². The molecule has 4 N–H and O–H groups in total. The maximum atomic E-state index is 11.9. The van der Waals surface area contributed by atoms with Crippen LogP contribution in [0.3, 0.4) is 0 Å². The van der Waals surface area contributed by atoms with Crippen molar-refractivity contribution in [3.63, 3.8) is 0 Å². The summed E-state index contributed by atoms with van der Waals surface area (Å²) in [6.45, 7) is 2.04. The van der Waals surface area contributed by atoms with Gasteiger partial charge in [0.1, 0.15) is 0 Å². The predicted molar refractivity (Wildman–Crippen MR) is 71.8 cm³/mol. The minimum atomic E-state index is -0.180. The van der Waals surface area contributed by atoms with Crippen LogP contribution >= 0.6 is 15.9 Å². The fourth-order valence-electron chi connectivity index (χ4n) is 1.51. The van der Waals surface area contributed by atoms with Crippen LogP contribution in [0.5, 0.6) is 0 Å². The Balaban J connectivity index is 2.63. The molecule has 1 amide bonds. The number of halogens is 1. The Morgan fingerprint density at radius 3 is 2.88 bits per heavy atom. The largest absolute Gasteiger partial charge is 0.398 e. The van der Waals surface area contributed by atoms with Crippen molar-refractivity contribution < 1.29 is 9.90 Å². The van der Waals surface area contributed by atoms with E-state index in [4.69, 9.17) is 10.8 Å². The SMILES string of the molecule is CC(CCCO)NC(=O)c1ccc(Br)cc1N. The lowest BCUT2D eigenvalue weighted by atomic mass is 10.1. The van der Waals surface area contributed by atoms with Crippen LogP contribution in [-0.4, -0.2) is 23.7 Å². The van der Waals surface area contributed by atoms with Gasteiger partial charge in [-0.05, 0) is 38.0 Å². The second-order valence-corrected chi connectivity index (χ2v) is 4.89. The summed E-state index contributed by atoms with van der Waals surface area (Å²) in [4.78, 5) is 11.9. The Labute approximate surface area is 109 Å². The molecule has 0 heterocycles. The van der Waals surface area contributed by atoms with Crippen LogP contribution in [0.1, 0.15) is 30.1 Å². The van der Waals surface area contributed by atoms with Gasteiger partial charge in [-0.1, -0.05) is 15.9 Å². The molecule has 0 saturated carbocycles. The summed E-state index contributed by atoms with van der Waals surface area (Å²) in [5.41, 5.74) is 6.69. The van der Waals surface area contributed by atoms with Gasteiger partial charge in [-0.3, -0.25) is 4.79 Å². The first-order valence-electron chi connectivity index (χ1n) is 5.51. The number of nitrogens with one attached hydrogen (secondary N) is 1. The number of carbonyl (C=O) groups is 1. The molecule has 0 saturated heterocycles. The highest BCUT2D eigenvalue weighted by atomic mass is 79.9. The number of anilines is 1. The van der Waals surface area contributed by atoms with Crippen molar-refractivity contribution in [2.24, 2.45) is 0 Å². The summed E-state index contributed by atoms with van der Waals surface area (Å²) < 4.78 is 0.847. The standard InChI is InChI=1S/C12H17BrN2O2/c1-8(3-2-6-16)15-12(17)10-5-4-9(13)7-11(10)14/h4-5,7-8,16H,2-3,6,14H2,1H3,(H,15,17). The summed E-state index contributed by atoms with van der Waals surface area (Å²) >= 11 is 3.29. The molecule has 1 aromatic rings. The van der Waals surface area contributed by atoms with Crippen LogP contribution in [0, 0.1) is 0 Å². The molecular formula is C12H17BrN2O2. The van der Waals surface area contributed by atoms with Crippen LogP contribution in [0.2, 0.25) is 0 Å². The second kappa shape index (κ2) is 6.61. The Bertz CT molecular complexity index is 396. The zero-order chi connectivity index (χ0) is 12.8. The number of benzene rings is 1. The molecule has 5 heteroatoms. The first kappa shape index (κ1) is 14.0. The molecule has 0 fully saturated rings. The summed E-state index contributed by atoms with van der Waals surface area (Å²) in [5.74, 6) is -0.180. The molecule has 1 unspecified atom stereocenters. The third kappa shape index (κ3) is 4.36. The van der Waals surface area contributed by atoms with Crippen molar-refractivity contribution >= 4 is 27.5 Å². The molecule has 1 atom stereocenters. The van der Waals surface area contributed by atoms with Gasteiger partial charge in [0.05, 0.1) is 5.56 Å². The Hall–Kier alpha value is -1.07. The van der Waals surface area contributed by atoms with E-state index in [0.717, 1.165) is 10.9 Å². The van der Waals surface area contributed by atoms with Crippen LogP contribution in [0.15, 0.2) is 22.7 Å². The first-order valence-corrected chi connectivity index (χ1v) is 6.30. The molecule has 0 aliphatic rings. The molecule has 17 heavy (non-hydrogen) atoms. The minimum Gasteiger partial charge on any atom is -0.398 e. The minimum absolute atomic E-state index is 0.0256. The van der Waals surface area contributed by atoms with Crippen molar-refractivity contribution in [2.75, 3.05) is 12.3 Å². The van der Waals surface area contributed by atoms with Crippen LogP contribution in [0.25, 0.3) is 0 Å². The Kier molecular flexibility index (Phi) is 5.44. The van der Waals surface area contributed by atoms with Gasteiger partial charge in [0.2, 0.25) is 0 Å². The van der Waals surface area contributed by atoms with E-state index >= 15 is 0 Å². The van der Waals surface area contributed by atoms with Gasteiger partial charge in [0.15, 0.2) is 0 Å². The molecule has 94 valence electrons. The zero-order valence-corrected chi connectivity index (χ0v) is 11.3. The van der Waals surface area contributed by atoms with E-state index in [1.165, 1.54) is 0 Å². The highest BCUT2D eigenvalue weighted by Gasteiger charge is 2.12. The van der Waals surface area contributed by atoms with Gasteiger partial charge in [-0.25, -0.2) is 0 Å². The van der Waals surface area contributed by atoms with E-state index in [9.17, 15) is 4.79 Å². The van der Waals surface area contributed by atoms with Gasteiger partial charge >= 0.3 is 0 Å². The van der Waals surface area contributed by atoms with Crippen molar-refractivity contribution in [3.05, 3.63) is 28.2 Å². The summed E-state index contributed by atoms with van der Waals surface area (Å²) in [5, 5.41) is 11.5. The Morgan fingerprint density at radius 1 is 1.59 bits per heavy atom. The quantitative estimate of drug-likeness (QED) is 0.727. The summed E-state index contributed by atoms with van der Waals surface area (Å²) in [6.07, 6.45) is 1.43. The van der Waals surface area contributed by atoms with Crippen LogP contribution in [0.4, 0.5) is 5.69 Å². The molecule has 0 aliphatic carbocycles.